The van der Waals surface area contributed by atoms with Gasteiger partial charge in [0.1, 0.15) is 5.03 Å². The lowest BCUT2D eigenvalue weighted by molar-refractivity contribution is -0.118. The predicted molar refractivity (Wildman–Crippen MR) is 56.2 cm³/mol. The van der Waals surface area contributed by atoms with Crippen LogP contribution < -0.4 is 11.1 Å². The number of amides is 1. The lowest BCUT2D eigenvalue weighted by Crippen LogP contribution is -2.19. The highest BCUT2D eigenvalue weighted by molar-refractivity contribution is 8.00. The molecule has 1 heterocycles. The van der Waals surface area contributed by atoms with Crippen LogP contribution >= 0.6 is 23.4 Å². The van der Waals surface area contributed by atoms with E-state index in [4.69, 9.17) is 17.3 Å². The Morgan fingerprint density at radius 2 is 2.50 bits per heavy atom. The number of carbonyl (C=O) groups excluding carboxylic acids is 1. The maximum Gasteiger partial charge on any atom is 0.230 e. The van der Waals surface area contributed by atoms with Crippen molar-refractivity contribution in [3.8, 4) is 0 Å². The van der Waals surface area contributed by atoms with Gasteiger partial charge in [-0.3, -0.25) is 4.79 Å². The van der Waals surface area contributed by atoms with Crippen molar-refractivity contribution in [2.24, 2.45) is 0 Å². The summed E-state index contributed by atoms with van der Waals surface area (Å²) in [7, 11) is 1.57. The lowest BCUT2D eigenvalue weighted by Gasteiger charge is -2.02. The zero-order valence-electron chi connectivity index (χ0n) is 7.45. The number of hydrogen-bond donors (Lipinski definition) is 2. The first-order chi connectivity index (χ1) is 6.63. The van der Waals surface area contributed by atoms with Gasteiger partial charge in [-0.25, -0.2) is 9.97 Å². The van der Waals surface area contributed by atoms with E-state index in [-0.39, 0.29) is 17.6 Å². The third kappa shape index (κ3) is 3.04. The lowest BCUT2D eigenvalue weighted by atomic mass is 10.7. The minimum atomic E-state index is -0.0942. The second kappa shape index (κ2) is 5.02. The minimum Gasteiger partial charge on any atom is -0.368 e. The Labute approximate surface area is 90.4 Å². The molecule has 0 aliphatic heterocycles. The molecule has 0 fully saturated rings. The van der Waals surface area contributed by atoms with Gasteiger partial charge in [0.25, 0.3) is 0 Å². The van der Waals surface area contributed by atoms with Crippen molar-refractivity contribution in [3.05, 3.63) is 11.2 Å². The molecule has 1 amide bonds. The van der Waals surface area contributed by atoms with Crippen LogP contribution in [-0.4, -0.2) is 28.7 Å². The minimum absolute atomic E-state index is 0.0942. The van der Waals surface area contributed by atoms with Crippen LogP contribution in [0.5, 0.6) is 0 Å². The standard InChI is InChI=1S/C7H9ClN4OS/c1-10-5(13)3-14-6-4(8)2-11-7(9)12-6/h2H,3H2,1H3,(H,10,13)(H2,9,11,12). The number of nitrogens with zero attached hydrogens (tertiary/aromatic N) is 2. The number of hydrogen-bond acceptors (Lipinski definition) is 5. The van der Waals surface area contributed by atoms with Crippen LogP contribution in [0.1, 0.15) is 0 Å². The number of rotatable bonds is 3. The number of nitrogen functional groups attached to an aromatic ring is 1. The number of thioether (sulfide) groups is 1. The monoisotopic (exact) mass is 232 g/mol. The van der Waals surface area contributed by atoms with Gasteiger partial charge in [-0.1, -0.05) is 23.4 Å². The second-order valence-electron chi connectivity index (χ2n) is 2.34. The summed E-state index contributed by atoms with van der Waals surface area (Å²) in [5.41, 5.74) is 5.37. The van der Waals surface area contributed by atoms with Gasteiger partial charge in [0.15, 0.2) is 0 Å². The number of carbonyl (C=O) groups is 1. The Kier molecular flexibility index (Phi) is 3.97. The van der Waals surface area contributed by atoms with Crippen LogP contribution in [0.2, 0.25) is 5.02 Å². The molecule has 5 nitrogen and oxygen atoms in total. The van der Waals surface area contributed by atoms with Crippen LogP contribution in [0.3, 0.4) is 0 Å². The van der Waals surface area contributed by atoms with E-state index < -0.39 is 0 Å². The van der Waals surface area contributed by atoms with Crippen LogP contribution in [0.4, 0.5) is 5.95 Å². The van der Waals surface area contributed by atoms with E-state index in [1.807, 2.05) is 0 Å². The molecule has 0 saturated heterocycles. The summed E-state index contributed by atoms with van der Waals surface area (Å²) in [6.07, 6.45) is 1.41. The number of nitrogens with two attached hydrogens (primary N) is 1. The highest BCUT2D eigenvalue weighted by atomic mass is 35.5. The van der Waals surface area contributed by atoms with Crippen LogP contribution in [0, 0.1) is 0 Å². The first-order valence-electron chi connectivity index (χ1n) is 3.75. The Bertz CT molecular complexity index is 346. The largest absolute Gasteiger partial charge is 0.368 e. The quantitative estimate of drug-likeness (QED) is 0.588. The zero-order chi connectivity index (χ0) is 10.6. The normalized spacial score (nSPS) is 9.86. The summed E-state index contributed by atoms with van der Waals surface area (Å²) in [6.45, 7) is 0. The fourth-order valence-corrected chi connectivity index (χ4v) is 1.69. The van der Waals surface area contributed by atoms with E-state index in [0.717, 1.165) is 0 Å². The second-order valence-corrected chi connectivity index (χ2v) is 3.71. The van der Waals surface area contributed by atoms with Crippen molar-refractivity contribution in [2.75, 3.05) is 18.5 Å². The van der Waals surface area contributed by atoms with Gasteiger partial charge in [-0.2, -0.15) is 0 Å². The molecule has 76 valence electrons. The molecule has 1 aromatic rings. The number of nitrogens with one attached hydrogen (secondary N) is 1. The molecule has 0 unspecified atom stereocenters. The van der Waals surface area contributed by atoms with Crippen LogP contribution in [-0.2, 0) is 4.79 Å². The van der Waals surface area contributed by atoms with Gasteiger partial charge in [0, 0.05) is 7.05 Å². The van der Waals surface area contributed by atoms with Crippen LogP contribution in [0.25, 0.3) is 0 Å². The molecule has 1 rings (SSSR count). The fourth-order valence-electron chi connectivity index (χ4n) is 0.672. The molecule has 0 spiro atoms. The van der Waals surface area contributed by atoms with E-state index in [9.17, 15) is 4.79 Å². The third-order valence-corrected chi connectivity index (χ3v) is 2.73. The summed E-state index contributed by atoms with van der Waals surface area (Å²) in [5, 5.41) is 3.40. The highest BCUT2D eigenvalue weighted by Gasteiger charge is 2.06. The predicted octanol–water partition coefficient (Wildman–Crippen LogP) is 0.550. The summed E-state index contributed by atoms with van der Waals surface area (Å²) in [4.78, 5) is 18.5. The molecule has 0 bridgehead atoms. The van der Waals surface area contributed by atoms with E-state index >= 15 is 0 Å². The zero-order valence-corrected chi connectivity index (χ0v) is 9.02. The topological polar surface area (TPSA) is 80.9 Å². The number of aromatic nitrogens is 2. The maximum absolute atomic E-state index is 10.9. The van der Waals surface area contributed by atoms with Gasteiger partial charge in [-0.05, 0) is 0 Å². The first-order valence-corrected chi connectivity index (χ1v) is 5.11. The summed E-state index contributed by atoms with van der Waals surface area (Å²) >= 11 is 7.01. The smallest absolute Gasteiger partial charge is 0.230 e. The molecular weight excluding hydrogens is 224 g/mol. The molecule has 0 aliphatic carbocycles. The molecule has 14 heavy (non-hydrogen) atoms. The van der Waals surface area contributed by atoms with Crippen molar-refractivity contribution in [2.45, 2.75) is 5.03 Å². The first kappa shape index (κ1) is 11.1. The number of anilines is 1. The summed E-state index contributed by atoms with van der Waals surface area (Å²) in [5.74, 6) is 0.309. The van der Waals surface area contributed by atoms with E-state index in [1.54, 1.807) is 7.05 Å². The molecule has 0 aromatic carbocycles. The summed E-state index contributed by atoms with van der Waals surface area (Å²) < 4.78 is 0. The van der Waals surface area contributed by atoms with Gasteiger partial charge in [-0.15, -0.1) is 0 Å². The highest BCUT2D eigenvalue weighted by Crippen LogP contribution is 2.24. The van der Waals surface area contributed by atoms with Crippen molar-refractivity contribution < 1.29 is 4.79 Å². The van der Waals surface area contributed by atoms with Crippen molar-refractivity contribution >= 4 is 35.2 Å². The fraction of sp³-hybridized carbons (Fsp3) is 0.286. The molecular formula is C7H9ClN4OS. The third-order valence-electron chi connectivity index (χ3n) is 1.35. The molecule has 1 aromatic heterocycles. The van der Waals surface area contributed by atoms with Gasteiger partial charge < -0.3 is 11.1 Å². The van der Waals surface area contributed by atoms with E-state index in [0.29, 0.717) is 10.0 Å². The molecule has 0 atom stereocenters. The maximum atomic E-state index is 10.9. The van der Waals surface area contributed by atoms with Crippen molar-refractivity contribution in [1.29, 1.82) is 0 Å². The van der Waals surface area contributed by atoms with Crippen LogP contribution in [0.15, 0.2) is 11.2 Å². The molecule has 0 saturated carbocycles. The van der Waals surface area contributed by atoms with Gasteiger partial charge in [0.2, 0.25) is 11.9 Å². The molecule has 3 N–H and O–H groups in total. The Hall–Kier alpha value is -1.01. The SMILES string of the molecule is CNC(=O)CSc1nc(N)ncc1Cl. The Morgan fingerprint density at radius 3 is 3.14 bits per heavy atom. The van der Waals surface area contributed by atoms with E-state index in [1.165, 1.54) is 18.0 Å². The average Bonchev–Trinajstić information content (AvgIpc) is 2.19. The Balaban J connectivity index is 2.66. The Morgan fingerprint density at radius 1 is 1.79 bits per heavy atom. The van der Waals surface area contributed by atoms with E-state index in [2.05, 4.69) is 15.3 Å². The molecule has 0 aliphatic rings. The molecule has 0 radical (unpaired) electrons. The molecule has 7 heteroatoms. The number of halogens is 1. The van der Waals surface area contributed by atoms with Gasteiger partial charge in [0.05, 0.1) is 17.0 Å². The average molecular weight is 233 g/mol. The van der Waals surface area contributed by atoms with Crippen molar-refractivity contribution in [3.63, 3.8) is 0 Å². The van der Waals surface area contributed by atoms with Crippen molar-refractivity contribution in [1.82, 2.24) is 15.3 Å². The van der Waals surface area contributed by atoms with Gasteiger partial charge >= 0.3 is 0 Å². The summed E-state index contributed by atoms with van der Waals surface area (Å²) in [6, 6.07) is 0.